The summed E-state index contributed by atoms with van der Waals surface area (Å²) in [5.74, 6) is 0. The van der Waals surface area contributed by atoms with Gasteiger partial charge in [0.05, 0.1) is 0 Å². The van der Waals surface area contributed by atoms with Crippen LogP contribution in [-0.4, -0.2) is 13.1 Å². The molecule has 0 radical (unpaired) electrons. The lowest BCUT2D eigenvalue weighted by Crippen LogP contribution is -2.25. The molecule has 0 aromatic heterocycles. The largest absolute Gasteiger partial charge is 0.540 e. The van der Waals surface area contributed by atoms with Crippen LogP contribution in [0.3, 0.4) is 0 Å². The maximum Gasteiger partial charge on any atom is 0.242 e. The Kier molecular flexibility index (Phi) is 4.59. The molecule has 0 aliphatic carbocycles. The van der Waals surface area contributed by atoms with Crippen LogP contribution in [0.15, 0.2) is 11.2 Å². The molecule has 0 amide bonds. The zero-order valence-electron chi connectivity index (χ0n) is 9.89. The second-order valence-corrected chi connectivity index (χ2v) is 11.3. The first kappa shape index (κ1) is 13.1. The first-order valence-corrected chi connectivity index (χ1v) is 8.91. The maximum absolute atomic E-state index is 5.93. The van der Waals surface area contributed by atoms with E-state index in [0.717, 1.165) is 5.09 Å². The van der Waals surface area contributed by atoms with E-state index < -0.39 is 8.32 Å². The van der Waals surface area contributed by atoms with Gasteiger partial charge in [-0.05, 0) is 32.6 Å². The van der Waals surface area contributed by atoms with Crippen molar-refractivity contribution in [3.63, 3.8) is 0 Å². The second kappa shape index (κ2) is 4.56. The Morgan fingerprint density at radius 3 is 1.92 bits per heavy atom. The number of allylic oxidation sites excluding steroid dienone is 1. The van der Waals surface area contributed by atoms with Crippen molar-refractivity contribution in [3.05, 3.63) is 11.2 Å². The van der Waals surface area contributed by atoms with E-state index in [1.165, 1.54) is 0 Å². The smallest absolute Gasteiger partial charge is 0.242 e. The molecule has 0 aliphatic rings. The summed E-state index contributed by atoms with van der Waals surface area (Å²) in [7, 11) is -1.43. The molecule has 0 rings (SSSR count). The SMILES string of the molecule is C/C=C(/O[Si](C)(C)C)SC(C)(C)C. The molecule has 0 unspecified atom stereocenters. The zero-order chi connectivity index (χ0) is 10.7. The van der Waals surface area contributed by atoms with Gasteiger partial charge in [-0.25, -0.2) is 0 Å². The highest BCUT2D eigenvalue weighted by Gasteiger charge is 2.21. The molecule has 0 aromatic rings. The van der Waals surface area contributed by atoms with Crippen LogP contribution < -0.4 is 0 Å². The molecule has 0 atom stereocenters. The summed E-state index contributed by atoms with van der Waals surface area (Å²) >= 11 is 1.80. The van der Waals surface area contributed by atoms with Crippen LogP contribution in [0.4, 0.5) is 0 Å². The van der Waals surface area contributed by atoms with Gasteiger partial charge < -0.3 is 4.43 Å². The molecule has 1 nitrogen and oxygen atoms in total. The number of hydrogen-bond donors (Lipinski definition) is 0. The molecule has 0 bridgehead atoms. The summed E-state index contributed by atoms with van der Waals surface area (Å²) in [6.07, 6.45) is 2.06. The summed E-state index contributed by atoms with van der Waals surface area (Å²) in [6.45, 7) is 15.3. The molecule has 78 valence electrons. The van der Waals surface area contributed by atoms with Crippen LogP contribution in [0, 0.1) is 0 Å². The van der Waals surface area contributed by atoms with Gasteiger partial charge in [0.15, 0.2) is 0 Å². The van der Waals surface area contributed by atoms with Gasteiger partial charge in [-0.2, -0.15) is 0 Å². The van der Waals surface area contributed by atoms with Crippen molar-refractivity contribution < 1.29 is 4.43 Å². The number of rotatable bonds is 3. The molecule has 13 heavy (non-hydrogen) atoms. The van der Waals surface area contributed by atoms with Crippen molar-refractivity contribution in [2.24, 2.45) is 0 Å². The lowest BCUT2D eigenvalue weighted by atomic mass is 10.3. The quantitative estimate of drug-likeness (QED) is 0.518. The molecule has 0 saturated heterocycles. The van der Waals surface area contributed by atoms with Crippen LogP contribution in [0.5, 0.6) is 0 Å². The molecular formula is C10H22OSSi. The Morgan fingerprint density at radius 1 is 1.23 bits per heavy atom. The minimum Gasteiger partial charge on any atom is -0.540 e. The maximum atomic E-state index is 5.93. The fraction of sp³-hybridized carbons (Fsp3) is 0.800. The van der Waals surface area contributed by atoms with E-state index in [4.69, 9.17) is 4.43 Å². The summed E-state index contributed by atoms with van der Waals surface area (Å²) in [5.41, 5.74) is 0. The molecule has 0 N–H and O–H groups in total. The van der Waals surface area contributed by atoms with Gasteiger partial charge in [0, 0.05) is 4.75 Å². The molecule has 0 fully saturated rings. The first-order valence-electron chi connectivity index (χ1n) is 4.68. The fourth-order valence-electron chi connectivity index (χ4n) is 0.742. The Balaban J connectivity index is 4.24. The first-order chi connectivity index (χ1) is 5.64. The summed E-state index contributed by atoms with van der Waals surface area (Å²) in [6, 6.07) is 0. The third-order valence-corrected chi connectivity index (χ3v) is 3.16. The molecule has 0 heterocycles. The van der Waals surface area contributed by atoms with Gasteiger partial charge in [0.2, 0.25) is 8.32 Å². The highest BCUT2D eigenvalue weighted by Crippen LogP contribution is 2.33. The van der Waals surface area contributed by atoms with Gasteiger partial charge in [-0.1, -0.05) is 32.5 Å². The Morgan fingerprint density at radius 2 is 1.69 bits per heavy atom. The molecule has 0 spiro atoms. The molecule has 0 saturated carbocycles. The van der Waals surface area contributed by atoms with Crippen molar-refractivity contribution >= 4 is 20.1 Å². The van der Waals surface area contributed by atoms with Crippen molar-refractivity contribution in [2.75, 3.05) is 0 Å². The topological polar surface area (TPSA) is 9.23 Å². The Hall–Kier alpha value is 0.107. The van der Waals surface area contributed by atoms with Crippen LogP contribution in [0.1, 0.15) is 27.7 Å². The fourth-order valence-corrected chi connectivity index (χ4v) is 3.10. The van der Waals surface area contributed by atoms with Gasteiger partial charge in [-0.3, -0.25) is 0 Å². The minimum absolute atomic E-state index is 0.238. The van der Waals surface area contributed by atoms with Gasteiger partial charge in [0.1, 0.15) is 5.09 Å². The van der Waals surface area contributed by atoms with E-state index in [9.17, 15) is 0 Å². The Bertz CT molecular complexity index is 168. The number of thioether (sulfide) groups is 1. The zero-order valence-corrected chi connectivity index (χ0v) is 11.7. The van der Waals surface area contributed by atoms with Crippen LogP contribution in [-0.2, 0) is 4.43 Å². The Labute approximate surface area is 88.1 Å². The van der Waals surface area contributed by atoms with E-state index in [2.05, 4.69) is 46.5 Å². The molecule has 0 aliphatic heterocycles. The minimum atomic E-state index is -1.43. The van der Waals surface area contributed by atoms with Crippen LogP contribution in [0.2, 0.25) is 19.6 Å². The van der Waals surface area contributed by atoms with E-state index in [0.29, 0.717) is 0 Å². The van der Waals surface area contributed by atoms with E-state index in [-0.39, 0.29) is 4.75 Å². The summed E-state index contributed by atoms with van der Waals surface area (Å²) in [5, 5.41) is 1.08. The third kappa shape index (κ3) is 8.44. The lowest BCUT2D eigenvalue weighted by molar-refractivity contribution is 0.461. The monoisotopic (exact) mass is 218 g/mol. The summed E-state index contributed by atoms with van der Waals surface area (Å²) in [4.78, 5) is 0. The van der Waals surface area contributed by atoms with Gasteiger partial charge >= 0.3 is 0 Å². The number of hydrogen-bond acceptors (Lipinski definition) is 2. The molecule has 0 aromatic carbocycles. The van der Waals surface area contributed by atoms with Crippen LogP contribution in [0.25, 0.3) is 0 Å². The average Bonchev–Trinajstić information content (AvgIpc) is 1.79. The predicted molar refractivity (Wildman–Crippen MR) is 65.5 cm³/mol. The van der Waals surface area contributed by atoms with Crippen molar-refractivity contribution in [2.45, 2.75) is 52.1 Å². The average molecular weight is 218 g/mol. The highest BCUT2D eigenvalue weighted by atomic mass is 32.2. The van der Waals surface area contributed by atoms with E-state index in [1.807, 2.05) is 6.92 Å². The summed E-state index contributed by atoms with van der Waals surface area (Å²) < 4.78 is 6.16. The van der Waals surface area contributed by atoms with Crippen molar-refractivity contribution in [3.8, 4) is 0 Å². The molecular weight excluding hydrogens is 196 g/mol. The third-order valence-electron chi connectivity index (χ3n) is 1.05. The standard InChI is InChI=1S/C10H22OSSi/c1-8-9(11-13(5,6)7)12-10(2,3)4/h8H,1-7H3/b9-8-. The van der Waals surface area contributed by atoms with Gasteiger partial charge in [0.25, 0.3) is 0 Å². The highest BCUT2D eigenvalue weighted by molar-refractivity contribution is 8.04. The van der Waals surface area contributed by atoms with Crippen LogP contribution >= 0.6 is 11.8 Å². The lowest BCUT2D eigenvalue weighted by Gasteiger charge is -2.26. The molecule has 3 heteroatoms. The second-order valence-electron chi connectivity index (χ2n) is 5.04. The van der Waals surface area contributed by atoms with Crippen molar-refractivity contribution in [1.82, 2.24) is 0 Å². The van der Waals surface area contributed by atoms with E-state index >= 15 is 0 Å². The van der Waals surface area contributed by atoms with Crippen molar-refractivity contribution in [1.29, 1.82) is 0 Å². The van der Waals surface area contributed by atoms with Gasteiger partial charge in [-0.15, -0.1) is 0 Å². The van der Waals surface area contributed by atoms with E-state index in [1.54, 1.807) is 11.8 Å². The normalized spacial score (nSPS) is 14.5. The predicted octanol–water partition coefficient (Wildman–Crippen LogP) is 4.23.